The van der Waals surface area contributed by atoms with Crippen molar-refractivity contribution in [3.8, 4) is 0 Å². The molecule has 0 aromatic heterocycles. The van der Waals surface area contributed by atoms with Gasteiger partial charge in [0.15, 0.2) is 0 Å². The van der Waals surface area contributed by atoms with E-state index in [0.717, 1.165) is 11.8 Å². The molecule has 0 heterocycles. The average Bonchev–Trinajstić information content (AvgIpc) is 2.69. The van der Waals surface area contributed by atoms with Crippen LogP contribution in [-0.2, 0) is 0 Å². The van der Waals surface area contributed by atoms with Gasteiger partial charge in [-0.15, -0.1) is 0 Å². The molecule has 2 atom stereocenters. The lowest BCUT2D eigenvalue weighted by atomic mass is 9.91. The van der Waals surface area contributed by atoms with Crippen molar-refractivity contribution in [3.63, 3.8) is 0 Å². The first-order chi connectivity index (χ1) is 13.7. The molecule has 0 saturated carbocycles. The molecule has 0 rings (SSSR count). The number of hydrogen-bond donors (Lipinski definition) is 0. The van der Waals surface area contributed by atoms with Crippen LogP contribution in [0.5, 0.6) is 0 Å². The molecule has 2 unspecified atom stereocenters. The summed E-state index contributed by atoms with van der Waals surface area (Å²) < 4.78 is 0. The van der Waals surface area contributed by atoms with Gasteiger partial charge in [-0.3, -0.25) is 0 Å². The lowest BCUT2D eigenvalue weighted by Crippen LogP contribution is -2.01. The molecule has 0 bridgehead atoms. The monoisotopic (exact) mass is 394 g/mol. The van der Waals surface area contributed by atoms with Crippen molar-refractivity contribution >= 4 is 0 Å². The zero-order valence-corrected chi connectivity index (χ0v) is 20.7. The first-order valence-corrected chi connectivity index (χ1v) is 13.7. The second-order valence-electron chi connectivity index (χ2n) is 10.0. The summed E-state index contributed by atoms with van der Waals surface area (Å²) in [6, 6.07) is 0. The van der Waals surface area contributed by atoms with E-state index in [4.69, 9.17) is 0 Å². The first-order valence-electron chi connectivity index (χ1n) is 13.7. The highest BCUT2D eigenvalue weighted by atomic mass is 14.1. The molecule has 0 aliphatic rings. The largest absolute Gasteiger partial charge is 0.0654 e. The van der Waals surface area contributed by atoms with Crippen molar-refractivity contribution < 1.29 is 0 Å². The van der Waals surface area contributed by atoms with Crippen molar-refractivity contribution in [1.29, 1.82) is 0 Å². The lowest BCUT2D eigenvalue weighted by molar-refractivity contribution is 0.378. The van der Waals surface area contributed by atoms with Crippen molar-refractivity contribution in [2.75, 3.05) is 0 Å². The summed E-state index contributed by atoms with van der Waals surface area (Å²) in [5.74, 6) is 1.91. The van der Waals surface area contributed by atoms with Gasteiger partial charge in [0.2, 0.25) is 0 Å². The minimum Gasteiger partial charge on any atom is -0.0654 e. The van der Waals surface area contributed by atoms with Crippen molar-refractivity contribution in [3.05, 3.63) is 0 Å². The molecule has 0 N–H and O–H groups in total. The minimum atomic E-state index is 0.954. The molecule has 0 fully saturated rings. The highest BCUT2D eigenvalue weighted by Crippen LogP contribution is 2.22. The summed E-state index contributed by atoms with van der Waals surface area (Å²) in [5.41, 5.74) is 0. The van der Waals surface area contributed by atoms with Crippen LogP contribution in [0.25, 0.3) is 0 Å². The Balaban J connectivity index is 3.20. The first kappa shape index (κ1) is 28.0. The number of rotatable bonds is 23. The van der Waals surface area contributed by atoms with Crippen LogP contribution in [0.3, 0.4) is 0 Å². The SMILES string of the molecule is CCCCCCCCCCCCCCCCCC(C)CCC(C)CCCCC. The molecule has 170 valence electrons. The predicted octanol–water partition coefficient (Wildman–Crippen LogP) is 10.9. The Morgan fingerprint density at radius 2 is 0.571 bits per heavy atom. The minimum absolute atomic E-state index is 0.954. The van der Waals surface area contributed by atoms with Gasteiger partial charge < -0.3 is 0 Å². The van der Waals surface area contributed by atoms with Gasteiger partial charge >= 0.3 is 0 Å². The van der Waals surface area contributed by atoms with Gasteiger partial charge in [-0.1, -0.05) is 169 Å². The molecule has 0 saturated heterocycles. The van der Waals surface area contributed by atoms with Crippen LogP contribution in [0, 0.1) is 11.8 Å². The van der Waals surface area contributed by atoms with E-state index >= 15 is 0 Å². The average molecular weight is 395 g/mol. The molecule has 0 nitrogen and oxygen atoms in total. The van der Waals surface area contributed by atoms with E-state index in [1.165, 1.54) is 141 Å². The van der Waals surface area contributed by atoms with E-state index < -0.39 is 0 Å². The van der Waals surface area contributed by atoms with Crippen molar-refractivity contribution in [2.24, 2.45) is 11.8 Å². The molecular weight excluding hydrogens is 336 g/mol. The van der Waals surface area contributed by atoms with E-state index in [-0.39, 0.29) is 0 Å². The Kier molecular flexibility index (Phi) is 23.3. The third kappa shape index (κ3) is 22.3. The second kappa shape index (κ2) is 23.3. The fourth-order valence-electron chi connectivity index (χ4n) is 4.46. The highest BCUT2D eigenvalue weighted by Gasteiger charge is 2.06. The Morgan fingerprint density at radius 3 is 0.929 bits per heavy atom. The zero-order chi connectivity index (χ0) is 20.7. The maximum absolute atomic E-state index is 2.49. The Hall–Kier alpha value is 0. The zero-order valence-electron chi connectivity index (χ0n) is 20.7. The third-order valence-corrected chi connectivity index (χ3v) is 6.75. The Labute approximate surface area is 181 Å². The van der Waals surface area contributed by atoms with Gasteiger partial charge in [-0.25, -0.2) is 0 Å². The van der Waals surface area contributed by atoms with E-state index in [1.54, 1.807) is 0 Å². The summed E-state index contributed by atoms with van der Waals surface area (Å²) in [4.78, 5) is 0. The van der Waals surface area contributed by atoms with Gasteiger partial charge in [-0.05, 0) is 11.8 Å². The molecule has 0 amide bonds. The van der Waals surface area contributed by atoms with E-state index in [0.29, 0.717) is 0 Å². The molecular formula is C28H58. The van der Waals surface area contributed by atoms with Crippen LogP contribution in [0.15, 0.2) is 0 Å². The normalized spacial score (nSPS) is 13.7. The van der Waals surface area contributed by atoms with Crippen molar-refractivity contribution in [1.82, 2.24) is 0 Å². The topological polar surface area (TPSA) is 0 Å². The standard InChI is InChI=1S/C28H58/c1-5-7-9-10-11-12-13-14-15-16-17-18-19-20-22-24-28(4)26-25-27(3)23-21-8-6-2/h27-28H,5-26H2,1-4H3. The maximum atomic E-state index is 2.49. The van der Waals surface area contributed by atoms with Gasteiger partial charge in [0, 0.05) is 0 Å². The molecule has 0 spiro atoms. The van der Waals surface area contributed by atoms with Crippen LogP contribution in [0.4, 0.5) is 0 Å². The van der Waals surface area contributed by atoms with E-state index in [2.05, 4.69) is 27.7 Å². The number of unbranched alkanes of at least 4 members (excludes halogenated alkanes) is 16. The van der Waals surface area contributed by atoms with Gasteiger partial charge in [-0.2, -0.15) is 0 Å². The summed E-state index contributed by atoms with van der Waals surface area (Å²) in [6.45, 7) is 9.57. The summed E-state index contributed by atoms with van der Waals surface area (Å²) in [6.07, 6.45) is 32.2. The predicted molar refractivity (Wildman–Crippen MR) is 131 cm³/mol. The van der Waals surface area contributed by atoms with Crippen LogP contribution >= 0.6 is 0 Å². The summed E-state index contributed by atoms with van der Waals surface area (Å²) in [5, 5.41) is 0. The van der Waals surface area contributed by atoms with Gasteiger partial charge in [0.25, 0.3) is 0 Å². The smallest absolute Gasteiger partial charge is 0.0443 e. The number of hydrogen-bond acceptors (Lipinski definition) is 0. The highest BCUT2D eigenvalue weighted by molar-refractivity contribution is 4.60. The van der Waals surface area contributed by atoms with Crippen LogP contribution in [-0.4, -0.2) is 0 Å². The third-order valence-electron chi connectivity index (χ3n) is 6.75. The molecule has 0 aliphatic carbocycles. The Morgan fingerprint density at radius 1 is 0.321 bits per heavy atom. The van der Waals surface area contributed by atoms with Crippen molar-refractivity contribution in [2.45, 2.75) is 169 Å². The Bertz CT molecular complexity index is 269. The molecule has 0 aromatic rings. The molecule has 0 radical (unpaired) electrons. The van der Waals surface area contributed by atoms with Crippen LogP contribution < -0.4 is 0 Å². The fraction of sp³-hybridized carbons (Fsp3) is 1.00. The lowest BCUT2D eigenvalue weighted by Gasteiger charge is -2.15. The van der Waals surface area contributed by atoms with E-state index in [1.807, 2.05) is 0 Å². The molecule has 0 aliphatic heterocycles. The van der Waals surface area contributed by atoms with Crippen LogP contribution in [0.2, 0.25) is 0 Å². The van der Waals surface area contributed by atoms with Gasteiger partial charge in [0.1, 0.15) is 0 Å². The summed E-state index contributed by atoms with van der Waals surface area (Å²) in [7, 11) is 0. The van der Waals surface area contributed by atoms with Gasteiger partial charge in [0.05, 0.1) is 0 Å². The summed E-state index contributed by atoms with van der Waals surface area (Å²) >= 11 is 0. The molecule has 0 heteroatoms. The second-order valence-corrected chi connectivity index (χ2v) is 10.0. The molecule has 28 heavy (non-hydrogen) atoms. The molecule has 0 aromatic carbocycles. The fourth-order valence-corrected chi connectivity index (χ4v) is 4.46. The van der Waals surface area contributed by atoms with E-state index in [9.17, 15) is 0 Å². The maximum Gasteiger partial charge on any atom is -0.0443 e. The quantitative estimate of drug-likeness (QED) is 0.151. The van der Waals surface area contributed by atoms with Crippen LogP contribution in [0.1, 0.15) is 169 Å².